The third-order valence-corrected chi connectivity index (χ3v) is 3.38. The summed E-state index contributed by atoms with van der Waals surface area (Å²) in [5, 5.41) is 0.589. The number of aromatic nitrogens is 1. The molecule has 1 heterocycles. The van der Waals surface area contributed by atoms with Gasteiger partial charge in [-0.2, -0.15) is 0 Å². The number of thiazole rings is 1. The van der Waals surface area contributed by atoms with Gasteiger partial charge in [0.15, 0.2) is 5.69 Å². The van der Waals surface area contributed by atoms with Crippen molar-refractivity contribution >= 4 is 34.4 Å². The van der Waals surface area contributed by atoms with Gasteiger partial charge in [-0.3, -0.25) is 4.79 Å². The summed E-state index contributed by atoms with van der Waals surface area (Å²) in [6.45, 7) is 5.44. The van der Waals surface area contributed by atoms with E-state index in [-0.39, 0.29) is 10.0 Å². The van der Waals surface area contributed by atoms with E-state index in [1.165, 1.54) is 11.3 Å². The molecule has 1 amide bonds. The van der Waals surface area contributed by atoms with Crippen LogP contribution in [0, 0.1) is 12.3 Å². The summed E-state index contributed by atoms with van der Waals surface area (Å²) < 4.78 is 0.270. The number of allylic oxidation sites excluding steroid dienone is 5. The van der Waals surface area contributed by atoms with Crippen LogP contribution in [-0.2, 0) is 0 Å². The molecule has 0 radical (unpaired) electrons. The molecular formula is C13H11ClN2OS. The molecule has 0 bridgehead atoms. The molecule has 1 aromatic rings. The number of hydrogen-bond acceptors (Lipinski definition) is 3. The lowest BCUT2D eigenvalue weighted by molar-refractivity contribution is 0.0996. The zero-order valence-corrected chi connectivity index (χ0v) is 11.3. The summed E-state index contributed by atoms with van der Waals surface area (Å²) in [6, 6.07) is 0. The second-order valence-corrected chi connectivity index (χ2v) is 4.80. The van der Waals surface area contributed by atoms with Gasteiger partial charge in [0.1, 0.15) is 9.34 Å². The fourth-order valence-electron chi connectivity index (χ4n) is 1.17. The zero-order chi connectivity index (χ0) is 13.7. The molecule has 1 rings (SSSR count). The first-order valence-corrected chi connectivity index (χ1v) is 6.16. The fourth-order valence-corrected chi connectivity index (χ4v) is 2.37. The van der Waals surface area contributed by atoms with Gasteiger partial charge in [0.2, 0.25) is 0 Å². The molecule has 3 nitrogen and oxygen atoms in total. The minimum Gasteiger partial charge on any atom is -0.364 e. The first-order chi connectivity index (χ1) is 8.53. The number of amides is 1. The van der Waals surface area contributed by atoms with E-state index in [1.54, 1.807) is 12.2 Å². The van der Waals surface area contributed by atoms with Gasteiger partial charge in [-0.05, 0) is 13.0 Å². The Morgan fingerprint density at radius 3 is 2.72 bits per heavy atom. The van der Waals surface area contributed by atoms with E-state index >= 15 is 0 Å². The number of nitrogens with zero attached hydrogens (tertiary/aromatic N) is 1. The maximum absolute atomic E-state index is 11.1. The number of terminal acetylenes is 1. The van der Waals surface area contributed by atoms with E-state index in [2.05, 4.69) is 17.5 Å². The Kier molecular flexibility index (Phi) is 4.90. The summed E-state index contributed by atoms with van der Waals surface area (Å²) in [5.74, 6) is 1.83. The number of hydrogen-bond donors (Lipinski definition) is 1. The fraction of sp³-hybridized carbons (Fsp3) is 0.0769. The first kappa shape index (κ1) is 14.2. The van der Waals surface area contributed by atoms with Crippen LogP contribution in [0.2, 0.25) is 4.34 Å². The summed E-state index contributed by atoms with van der Waals surface area (Å²) >= 11 is 7.07. The Morgan fingerprint density at radius 2 is 2.33 bits per heavy atom. The predicted molar refractivity (Wildman–Crippen MR) is 76.4 cm³/mol. The van der Waals surface area contributed by atoms with E-state index in [0.717, 1.165) is 5.57 Å². The Morgan fingerprint density at radius 1 is 1.67 bits per heavy atom. The van der Waals surface area contributed by atoms with Crippen molar-refractivity contribution in [2.75, 3.05) is 0 Å². The van der Waals surface area contributed by atoms with Crippen molar-refractivity contribution in [3.05, 3.63) is 45.4 Å². The predicted octanol–water partition coefficient (Wildman–Crippen LogP) is 3.04. The number of halogens is 1. The van der Waals surface area contributed by atoms with Crippen molar-refractivity contribution in [1.82, 2.24) is 4.98 Å². The van der Waals surface area contributed by atoms with Crippen LogP contribution in [0.25, 0.3) is 5.57 Å². The van der Waals surface area contributed by atoms with E-state index in [0.29, 0.717) is 10.6 Å². The van der Waals surface area contributed by atoms with Crippen LogP contribution in [0.15, 0.2) is 30.4 Å². The maximum atomic E-state index is 11.1. The van der Waals surface area contributed by atoms with Gasteiger partial charge in [-0.1, -0.05) is 36.3 Å². The molecule has 18 heavy (non-hydrogen) atoms. The molecule has 0 fully saturated rings. The van der Waals surface area contributed by atoms with Gasteiger partial charge in [0, 0.05) is 11.1 Å². The van der Waals surface area contributed by atoms with Crippen molar-refractivity contribution in [2.24, 2.45) is 5.73 Å². The zero-order valence-electron chi connectivity index (χ0n) is 9.74. The minimum atomic E-state index is -0.650. The second-order valence-electron chi connectivity index (χ2n) is 3.20. The van der Waals surface area contributed by atoms with Gasteiger partial charge in [0.05, 0.1) is 0 Å². The highest BCUT2D eigenvalue weighted by molar-refractivity contribution is 7.17. The monoisotopic (exact) mass is 278 g/mol. The van der Waals surface area contributed by atoms with Gasteiger partial charge >= 0.3 is 0 Å². The Balaban J connectivity index is 3.25. The number of carbonyl (C=O) groups is 1. The number of nitrogens with two attached hydrogens (primary N) is 1. The molecule has 0 aliphatic heterocycles. The molecule has 0 aliphatic carbocycles. The molecular weight excluding hydrogens is 268 g/mol. The molecule has 0 atom stereocenters. The molecule has 2 N–H and O–H groups in total. The smallest absolute Gasteiger partial charge is 0.269 e. The van der Waals surface area contributed by atoms with Crippen molar-refractivity contribution in [3.8, 4) is 12.3 Å². The third kappa shape index (κ3) is 3.10. The summed E-state index contributed by atoms with van der Waals surface area (Å²) in [7, 11) is 0. The molecule has 0 aromatic carbocycles. The minimum absolute atomic E-state index is 0.0743. The lowest BCUT2D eigenvalue weighted by Crippen LogP contribution is -2.11. The molecule has 1 aromatic heterocycles. The SMILES string of the molecule is C#C/C(C=C)=C/C(=C\C)c1nc(C(N)=O)c(Cl)s1. The third-order valence-electron chi connectivity index (χ3n) is 2.07. The van der Waals surface area contributed by atoms with Crippen LogP contribution in [0.3, 0.4) is 0 Å². The average Bonchev–Trinajstić information content (AvgIpc) is 2.73. The van der Waals surface area contributed by atoms with E-state index < -0.39 is 5.91 Å². The Bertz CT molecular complexity index is 591. The van der Waals surface area contributed by atoms with E-state index in [9.17, 15) is 4.79 Å². The Hall–Kier alpha value is -1.83. The lowest BCUT2D eigenvalue weighted by Gasteiger charge is -1.96. The number of carbonyl (C=O) groups excluding carboxylic acids is 1. The van der Waals surface area contributed by atoms with E-state index in [1.807, 2.05) is 13.0 Å². The van der Waals surface area contributed by atoms with Crippen molar-refractivity contribution in [1.29, 1.82) is 0 Å². The van der Waals surface area contributed by atoms with Gasteiger partial charge in [-0.25, -0.2) is 4.98 Å². The quantitative estimate of drug-likeness (QED) is 0.680. The highest BCUT2D eigenvalue weighted by Gasteiger charge is 2.15. The van der Waals surface area contributed by atoms with Gasteiger partial charge in [-0.15, -0.1) is 17.8 Å². The van der Waals surface area contributed by atoms with Crippen LogP contribution >= 0.6 is 22.9 Å². The number of primary amides is 1. The lowest BCUT2D eigenvalue weighted by atomic mass is 10.1. The molecule has 0 saturated carbocycles. The first-order valence-electron chi connectivity index (χ1n) is 4.97. The molecule has 0 saturated heterocycles. The van der Waals surface area contributed by atoms with Crippen molar-refractivity contribution < 1.29 is 4.79 Å². The average molecular weight is 279 g/mol. The van der Waals surface area contributed by atoms with Crippen LogP contribution in [-0.4, -0.2) is 10.9 Å². The van der Waals surface area contributed by atoms with E-state index in [4.69, 9.17) is 23.8 Å². The normalized spacial score (nSPS) is 12.1. The summed E-state index contributed by atoms with van der Waals surface area (Å²) in [5.41, 5.74) is 6.62. The number of rotatable bonds is 4. The maximum Gasteiger partial charge on any atom is 0.269 e. The largest absolute Gasteiger partial charge is 0.364 e. The molecule has 0 unspecified atom stereocenters. The summed E-state index contributed by atoms with van der Waals surface area (Å²) in [6.07, 6.45) is 10.4. The van der Waals surface area contributed by atoms with Crippen LogP contribution in [0.5, 0.6) is 0 Å². The molecule has 0 spiro atoms. The molecule has 5 heteroatoms. The van der Waals surface area contributed by atoms with Crippen LogP contribution < -0.4 is 5.73 Å². The van der Waals surface area contributed by atoms with Crippen molar-refractivity contribution in [2.45, 2.75) is 6.92 Å². The van der Waals surface area contributed by atoms with Crippen LogP contribution in [0.4, 0.5) is 0 Å². The molecule has 92 valence electrons. The van der Waals surface area contributed by atoms with Gasteiger partial charge < -0.3 is 5.73 Å². The second kappa shape index (κ2) is 6.20. The van der Waals surface area contributed by atoms with Gasteiger partial charge in [0.25, 0.3) is 5.91 Å². The summed E-state index contributed by atoms with van der Waals surface area (Å²) in [4.78, 5) is 15.2. The standard InChI is InChI=1S/C13H11ClN2OS/c1-4-8(5-2)7-9(6-3)13-16-10(12(15)17)11(14)18-13/h1,5-7H,2H2,3H3,(H2,15,17)/b8-7-,9-6+. The highest BCUT2D eigenvalue weighted by atomic mass is 35.5. The van der Waals surface area contributed by atoms with Crippen LogP contribution in [0.1, 0.15) is 22.4 Å². The molecule has 0 aliphatic rings. The van der Waals surface area contributed by atoms with Crippen molar-refractivity contribution in [3.63, 3.8) is 0 Å². The topological polar surface area (TPSA) is 56.0 Å². The Labute approximate surface area is 115 Å². The highest BCUT2D eigenvalue weighted by Crippen LogP contribution is 2.29.